The standard InChI is InChI=1S/C24H20N10O2/c35-23(32-11-13-33(14-12-32)24(36)19-9-10-25-15-26-19)16-5-7-17(8-6-16)27-21-22-29-30-31-34(22)20-4-2-1-3-18(20)28-21/h1-10,15H,11-14H2,(H,27,28). The number of aromatic nitrogens is 7. The Morgan fingerprint density at radius 3 is 2.36 bits per heavy atom. The average molecular weight is 480 g/mol. The monoisotopic (exact) mass is 480 g/mol. The van der Waals surface area contributed by atoms with Crippen LogP contribution in [0.5, 0.6) is 0 Å². The highest BCUT2D eigenvalue weighted by Crippen LogP contribution is 2.23. The lowest BCUT2D eigenvalue weighted by Crippen LogP contribution is -2.50. The Hall–Kier alpha value is -5.00. The number of piperazine rings is 1. The molecule has 12 heteroatoms. The summed E-state index contributed by atoms with van der Waals surface area (Å²) >= 11 is 0. The Labute approximate surface area is 204 Å². The van der Waals surface area contributed by atoms with Gasteiger partial charge < -0.3 is 15.1 Å². The molecule has 0 radical (unpaired) electrons. The van der Waals surface area contributed by atoms with E-state index in [1.807, 2.05) is 36.4 Å². The Bertz CT molecular complexity index is 1560. The molecule has 12 nitrogen and oxygen atoms in total. The molecule has 1 saturated heterocycles. The molecule has 1 aliphatic heterocycles. The first-order chi connectivity index (χ1) is 17.7. The lowest BCUT2D eigenvalue weighted by molar-refractivity contribution is 0.0532. The van der Waals surface area contributed by atoms with Crippen LogP contribution >= 0.6 is 0 Å². The van der Waals surface area contributed by atoms with Gasteiger partial charge in [0.25, 0.3) is 11.8 Å². The zero-order chi connectivity index (χ0) is 24.5. The Balaban J connectivity index is 1.13. The summed E-state index contributed by atoms with van der Waals surface area (Å²) in [5.74, 6) is 0.282. The molecule has 36 heavy (non-hydrogen) atoms. The molecule has 1 aliphatic rings. The van der Waals surface area contributed by atoms with E-state index in [2.05, 4.69) is 35.8 Å². The normalized spacial score (nSPS) is 13.8. The van der Waals surface area contributed by atoms with Crippen LogP contribution in [0.1, 0.15) is 20.8 Å². The van der Waals surface area contributed by atoms with Crippen molar-refractivity contribution < 1.29 is 9.59 Å². The van der Waals surface area contributed by atoms with Crippen molar-refractivity contribution in [2.45, 2.75) is 0 Å². The van der Waals surface area contributed by atoms with E-state index in [9.17, 15) is 9.59 Å². The summed E-state index contributed by atoms with van der Waals surface area (Å²) in [6.45, 7) is 1.80. The van der Waals surface area contributed by atoms with E-state index in [0.29, 0.717) is 48.9 Å². The van der Waals surface area contributed by atoms with Gasteiger partial charge in [0, 0.05) is 43.6 Å². The van der Waals surface area contributed by atoms with Crippen LogP contribution in [0.3, 0.4) is 0 Å². The van der Waals surface area contributed by atoms with Crippen molar-refractivity contribution in [2.75, 3.05) is 31.5 Å². The fourth-order valence-corrected chi connectivity index (χ4v) is 4.20. The maximum Gasteiger partial charge on any atom is 0.272 e. The van der Waals surface area contributed by atoms with Gasteiger partial charge in [0.15, 0.2) is 5.82 Å². The van der Waals surface area contributed by atoms with Crippen molar-refractivity contribution in [1.82, 2.24) is 44.8 Å². The van der Waals surface area contributed by atoms with Gasteiger partial charge in [-0.1, -0.05) is 12.1 Å². The van der Waals surface area contributed by atoms with Gasteiger partial charge in [-0.3, -0.25) is 9.59 Å². The third-order valence-corrected chi connectivity index (χ3v) is 6.07. The molecule has 6 rings (SSSR count). The van der Waals surface area contributed by atoms with E-state index < -0.39 is 0 Å². The highest BCUT2D eigenvalue weighted by atomic mass is 16.2. The van der Waals surface area contributed by atoms with E-state index in [0.717, 1.165) is 16.7 Å². The molecule has 1 fully saturated rings. The van der Waals surface area contributed by atoms with Crippen LogP contribution in [0, 0.1) is 0 Å². The van der Waals surface area contributed by atoms with Crippen molar-refractivity contribution in [3.05, 3.63) is 78.4 Å². The summed E-state index contributed by atoms with van der Waals surface area (Å²) in [4.78, 5) is 41.6. The first-order valence-electron chi connectivity index (χ1n) is 11.4. The van der Waals surface area contributed by atoms with Crippen LogP contribution in [0.25, 0.3) is 16.7 Å². The van der Waals surface area contributed by atoms with Crippen LogP contribution in [-0.4, -0.2) is 82.8 Å². The molecule has 5 aromatic rings. The first kappa shape index (κ1) is 21.5. The summed E-state index contributed by atoms with van der Waals surface area (Å²) in [5.41, 5.74) is 3.74. The zero-order valence-electron chi connectivity index (χ0n) is 19.0. The van der Waals surface area contributed by atoms with Gasteiger partial charge in [0.05, 0.1) is 11.0 Å². The molecule has 0 aliphatic carbocycles. The van der Waals surface area contributed by atoms with Crippen molar-refractivity contribution in [3.8, 4) is 0 Å². The number of rotatable bonds is 4. The SMILES string of the molecule is O=C(c1ccc(Nc2nc3ccccc3n3nnnc23)cc1)N1CCN(C(=O)c2ccncn2)CC1. The second-order valence-electron chi connectivity index (χ2n) is 8.24. The summed E-state index contributed by atoms with van der Waals surface area (Å²) in [6, 6.07) is 16.4. The van der Waals surface area contributed by atoms with Crippen molar-refractivity contribution in [1.29, 1.82) is 0 Å². The second-order valence-corrected chi connectivity index (χ2v) is 8.24. The number of para-hydroxylation sites is 2. The van der Waals surface area contributed by atoms with Gasteiger partial charge >= 0.3 is 0 Å². The molecule has 1 N–H and O–H groups in total. The topological polar surface area (TPSA) is 134 Å². The van der Waals surface area contributed by atoms with E-state index in [1.54, 1.807) is 38.7 Å². The molecule has 0 bridgehead atoms. The van der Waals surface area contributed by atoms with Crippen molar-refractivity contribution in [3.63, 3.8) is 0 Å². The average Bonchev–Trinajstić information content (AvgIpc) is 3.44. The van der Waals surface area contributed by atoms with Gasteiger partial charge in [-0.2, -0.15) is 4.52 Å². The van der Waals surface area contributed by atoms with Gasteiger partial charge in [0.2, 0.25) is 5.65 Å². The van der Waals surface area contributed by atoms with Gasteiger partial charge in [-0.15, -0.1) is 5.10 Å². The van der Waals surface area contributed by atoms with Crippen molar-refractivity contribution >= 4 is 40.0 Å². The fourth-order valence-electron chi connectivity index (χ4n) is 4.20. The number of anilines is 2. The van der Waals surface area contributed by atoms with Gasteiger partial charge in [0.1, 0.15) is 12.0 Å². The van der Waals surface area contributed by atoms with Crippen LogP contribution in [0.15, 0.2) is 67.1 Å². The molecule has 2 amide bonds. The molecule has 3 aromatic heterocycles. The van der Waals surface area contributed by atoms with Crippen molar-refractivity contribution in [2.24, 2.45) is 0 Å². The lowest BCUT2D eigenvalue weighted by atomic mass is 10.1. The maximum absolute atomic E-state index is 13.0. The number of carbonyl (C=O) groups excluding carboxylic acids is 2. The summed E-state index contributed by atoms with van der Waals surface area (Å²) in [7, 11) is 0. The van der Waals surface area contributed by atoms with Gasteiger partial charge in [-0.05, 0) is 52.9 Å². The summed E-state index contributed by atoms with van der Waals surface area (Å²) in [5, 5.41) is 15.2. The van der Waals surface area contributed by atoms with E-state index in [-0.39, 0.29) is 11.8 Å². The van der Waals surface area contributed by atoms with Crippen LogP contribution in [0.2, 0.25) is 0 Å². The number of hydrogen-bond donors (Lipinski definition) is 1. The maximum atomic E-state index is 13.0. The molecular weight excluding hydrogens is 460 g/mol. The van der Waals surface area contributed by atoms with E-state index in [4.69, 9.17) is 0 Å². The quantitative estimate of drug-likeness (QED) is 0.408. The lowest BCUT2D eigenvalue weighted by Gasteiger charge is -2.34. The molecule has 4 heterocycles. The molecule has 0 saturated carbocycles. The molecule has 0 atom stereocenters. The molecular formula is C24H20N10O2. The Morgan fingerprint density at radius 2 is 1.61 bits per heavy atom. The number of benzene rings is 2. The number of hydrogen-bond acceptors (Lipinski definition) is 9. The third-order valence-electron chi connectivity index (χ3n) is 6.07. The second kappa shape index (κ2) is 8.98. The zero-order valence-corrected chi connectivity index (χ0v) is 19.0. The summed E-state index contributed by atoms with van der Waals surface area (Å²) in [6.07, 6.45) is 2.90. The number of tetrazole rings is 1. The van der Waals surface area contributed by atoms with Crippen LogP contribution in [-0.2, 0) is 0 Å². The molecule has 0 spiro atoms. The minimum absolute atomic E-state index is 0.0800. The van der Waals surface area contributed by atoms with Crippen LogP contribution < -0.4 is 5.32 Å². The smallest absolute Gasteiger partial charge is 0.272 e. The Kier molecular flexibility index (Phi) is 5.37. The predicted octanol–water partition coefficient (Wildman–Crippen LogP) is 1.80. The Morgan fingerprint density at radius 1 is 0.861 bits per heavy atom. The number of amides is 2. The minimum atomic E-state index is -0.154. The molecule has 0 unspecified atom stereocenters. The number of fused-ring (bicyclic) bond motifs is 3. The number of nitrogens with one attached hydrogen (secondary N) is 1. The fraction of sp³-hybridized carbons (Fsp3) is 0.167. The summed E-state index contributed by atoms with van der Waals surface area (Å²) < 4.78 is 1.64. The minimum Gasteiger partial charge on any atom is -0.337 e. The highest BCUT2D eigenvalue weighted by molar-refractivity contribution is 5.95. The molecule has 178 valence electrons. The first-order valence-corrected chi connectivity index (χ1v) is 11.4. The van der Waals surface area contributed by atoms with E-state index in [1.165, 1.54) is 6.33 Å². The highest BCUT2D eigenvalue weighted by Gasteiger charge is 2.26. The largest absolute Gasteiger partial charge is 0.337 e. The number of nitrogens with zero attached hydrogens (tertiary/aromatic N) is 9. The third kappa shape index (κ3) is 3.94. The van der Waals surface area contributed by atoms with Crippen LogP contribution in [0.4, 0.5) is 11.5 Å². The number of carbonyl (C=O) groups is 2. The van der Waals surface area contributed by atoms with E-state index >= 15 is 0 Å². The predicted molar refractivity (Wildman–Crippen MR) is 130 cm³/mol. The molecule has 2 aromatic carbocycles. The van der Waals surface area contributed by atoms with Gasteiger partial charge in [-0.25, -0.2) is 15.0 Å².